The van der Waals surface area contributed by atoms with Crippen molar-refractivity contribution in [1.82, 2.24) is 10.2 Å². The van der Waals surface area contributed by atoms with E-state index in [2.05, 4.69) is 23.2 Å². The molecule has 1 aliphatic heterocycles. The van der Waals surface area contributed by atoms with Crippen molar-refractivity contribution < 1.29 is 4.79 Å². The molecule has 0 radical (unpaired) electrons. The molecule has 2 fully saturated rings. The Labute approximate surface area is 103 Å². The average molecular weight is 234 g/mol. The monoisotopic (exact) mass is 234 g/mol. The molecule has 0 aromatic heterocycles. The van der Waals surface area contributed by atoms with Crippen molar-refractivity contribution in [1.29, 1.82) is 0 Å². The Morgan fingerprint density at radius 1 is 1.47 bits per heavy atom. The third-order valence-electron chi connectivity index (χ3n) is 4.55. The summed E-state index contributed by atoms with van der Waals surface area (Å²) in [5.41, 5.74) is 1.48. The Kier molecular flexibility index (Phi) is 2.74. The van der Waals surface area contributed by atoms with Gasteiger partial charge in [0.25, 0.3) is 0 Å². The molecular weight excluding hydrogens is 212 g/mol. The molecule has 94 valence electrons. The summed E-state index contributed by atoms with van der Waals surface area (Å²) in [6.45, 7) is 5.99. The van der Waals surface area contributed by atoms with Gasteiger partial charge in [-0.05, 0) is 31.6 Å². The van der Waals surface area contributed by atoms with Crippen molar-refractivity contribution in [2.24, 2.45) is 11.3 Å². The quantitative estimate of drug-likeness (QED) is 0.698. The molecule has 3 nitrogen and oxygen atoms in total. The van der Waals surface area contributed by atoms with Gasteiger partial charge in [0, 0.05) is 26.2 Å². The molecule has 1 N–H and O–H groups in total. The van der Waals surface area contributed by atoms with Crippen LogP contribution in [0.15, 0.2) is 11.6 Å². The van der Waals surface area contributed by atoms with Crippen LogP contribution in [0, 0.1) is 11.3 Å². The van der Waals surface area contributed by atoms with Crippen molar-refractivity contribution in [2.75, 3.05) is 26.2 Å². The van der Waals surface area contributed by atoms with Crippen LogP contribution in [0.25, 0.3) is 0 Å². The van der Waals surface area contributed by atoms with Gasteiger partial charge in [-0.1, -0.05) is 18.6 Å². The first-order chi connectivity index (χ1) is 8.20. The van der Waals surface area contributed by atoms with E-state index in [0.29, 0.717) is 11.8 Å². The highest BCUT2D eigenvalue weighted by Gasteiger charge is 2.47. The van der Waals surface area contributed by atoms with Crippen molar-refractivity contribution in [3.8, 4) is 0 Å². The minimum atomic E-state index is -0.0513. The molecule has 2 unspecified atom stereocenters. The largest absolute Gasteiger partial charge is 0.340 e. The summed E-state index contributed by atoms with van der Waals surface area (Å²) in [6.07, 6.45) is 6.69. The predicted molar refractivity (Wildman–Crippen MR) is 67.6 cm³/mol. The Bertz CT molecular complexity index is 357. The molecular formula is C14H22N2O. The van der Waals surface area contributed by atoms with Gasteiger partial charge in [0.2, 0.25) is 5.91 Å². The zero-order chi connectivity index (χ0) is 11.9. The van der Waals surface area contributed by atoms with E-state index < -0.39 is 0 Å². The van der Waals surface area contributed by atoms with E-state index in [1.165, 1.54) is 12.0 Å². The minimum Gasteiger partial charge on any atom is -0.340 e. The number of hydrogen-bond acceptors (Lipinski definition) is 2. The van der Waals surface area contributed by atoms with Gasteiger partial charge in [0.05, 0.1) is 5.41 Å². The Morgan fingerprint density at radius 3 is 3.00 bits per heavy atom. The van der Waals surface area contributed by atoms with Crippen molar-refractivity contribution >= 4 is 5.91 Å². The summed E-state index contributed by atoms with van der Waals surface area (Å²) < 4.78 is 0. The maximum atomic E-state index is 12.7. The minimum absolute atomic E-state index is 0.0513. The van der Waals surface area contributed by atoms with Gasteiger partial charge in [0.15, 0.2) is 0 Å². The molecule has 2 aliphatic carbocycles. The summed E-state index contributed by atoms with van der Waals surface area (Å²) in [5, 5.41) is 3.32. The van der Waals surface area contributed by atoms with Crippen molar-refractivity contribution in [2.45, 2.75) is 32.6 Å². The summed E-state index contributed by atoms with van der Waals surface area (Å²) >= 11 is 0. The van der Waals surface area contributed by atoms with Gasteiger partial charge in [-0.3, -0.25) is 4.79 Å². The number of hydrogen-bond donors (Lipinski definition) is 1. The van der Waals surface area contributed by atoms with Crippen LogP contribution in [0.5, 0.6) is 0 Å². The first kappa shape index (κ1) is 11.3. The number of piperazine rings is 1. The van der Waals surface area contributed by atoms with Crippen LogP contribution >= 0.6 is 0 Å². The van der Waals surface area contributed by atoms with E-state index in [-0.39, 0.29) is 5.41 Å². The smallest absolute Gasteiger partial charge is 0.229 e. The SMILES string of the molecule is CC1CC2=CCC(C(=O)N3CCNCC3)(C2)C1. The second kappa shape index (κ2) is 4.13. The van der Waals surface area contributed by atoms with Crippen LogP contribution in [-0.4, -0.2) is 37.0 Å². The average Bonchev–Trinajstić information content (AvgIpc) is 2.66. The van der Waals surface area contributed by atoms with E-state index in [4.69, 9.17) is 0 Å². The summed E-state index contributed by atoms with van der Waals surface area (Å²) in [6, 6.07) is 0. The third kappa shape index (κ3) is 1.90. The first-order valence-corrected chi connectivity index (χ1v) is 6.88. The van der Waals surface area contributed by atoms with Gasteiger partial charge in [-0.15, -0.1) is 0 Å². The molecule has 17 heavy (non-hydrogen) atoms. The fourth-order valence-electron chi connectivity index (χ4n) is 3.87. The van der Waals surface area contributed by atoms with Gasteiger partial charge < -0.3 is 10.2 Å². The molecule has 1 amide bonds. The zero-order valence-electron chi connectivity index (χ0n) is 10.7. The number of amides is 1. The predicted octanol–water partition coefficient (Wildman–Crippen LogP) is 1.55. The lowest BCUT2D eigenvalue weighted by atomic mass is 9.70. The molecule has 2 bridgehead atoms. The highest BCUT2D eigenvalue weighted by molar-refractivity contribution is 5.84. The number of carbonyl (C=O) groups excluding carboxylic acids is 1. The maximum Gasteiger partial charge on any atom is 0.229 e. The molecule has 0 aromatic rings. The van der Waals surface area contributed by atoms with Gasteiger partial charge >= 0.3 is 0 Å². The van der Waals surface area contributed by atoms with Crippen molar-refractivity contribution in [3.05, 3.63) is 11.6 Å². The number of nitrogens with one attached hydrogen (secondary N) is 1. The standard InChI is InChI=1S/C14H22N2O/c1-11-8-12-2-3-14(9-11,10-12)13(17)16-6-4-15-5-7-16/h2,11,15H,3-10H2,1H3. The number of fused-ring (bicyclic) bond motifs is 2. The molecule has 1 heterocycles. The summed E-state index contributed by atoms with van der Waals surface area (Å²) in [7, 11) is 0. The second-order valence-electron chi connectivity index (χ2n) is 6.08. The van der Waals surface area contributed by atoms with Gasteiger partial charge in [-0.25, -0.2) is 0 Å². The highest BCUT2D eigenvalue weighted by Crippen LogP contribution is 2.50. The summed E-state index contributed by atoms with van der Waals surface area (Å²) in [5.74, 6) is 1.11. The number of allylic oxidation sites excluding steroid dienone is 2. The fourth-order valence-corrected chi connectivity index (χ4v) is 3.87. The lowest BCUT2D eigenvalue weighted by Crippen LogP contribution is -2.52. The van der Waals surface area contributed by atoms with Crippen LogP contribution in [0.3, 0.4) is 0 Å². The van der Waals surface area contributed by atoms with Crippen LogP contribution in [0.1, 0.15) is 32.6 Å². The normalized spacial score (nSPS) is 36.9. The number of carbonyl (C=O) groups is 1. The van der Waals surface area contributed by atoms with E-state index in [1.54, 1.807) is 0 Å². The first-order valence-electron chi connectivity index (χ1n) is 6.88. The molecule has 3 rings (SSSR count). The zero-order valence-corrected chi connectivity index (χ0v) is 10.7. The van der Waals surface area contributed by atoms with E-state index in [1.807, 2.05) is 0 Å². The second-order valence-corrected chi connectivity index (χ2v) is 6.08. The van der Waals surface area contributed by atoms with Gasteiger partial charge in [-0.2, -0.15) is 0 Å². The lowest BCUT2D eigenvalue weighted by molar-refractivity contribution is -0.144. The van der Waals surface area contributed by atoms with E-state index in [0.717, 1.165) is 45.4 Å². The van der Waals surface area contributed by atoms with Crippen LogP contribution < -0.4 is 5.32 Å². The number of nitrogens with zero attached hydrogens (tertiary/aromatic N) is 1. The molecule has 0 aromatic carbocycles. The molecule has 2 atom stereocenters. The fraction of sp³-hybridized carbons (Fsp3) is 0.786. The summed E-state index contributed by atoms with van der Waals surface area (Å²) in [4.78, 5) is 14.8. The van der Waals surface area contributed by atoms with E-state index in [9.17, 15) is 4.79 Å². The molecule has 1 saturated heterocycles. The molecule has 0 spiro atoms. The van der Waals surface area contributed by atoms with Crippen LogP contribution in [0.4, 0.5) is 0 Å². The van der Waals surface area contributed by atoms with Crippen molar-refractivity contribution in [3.63, 3.8) is 0 Å². The third-order valence-corrected chi connectivity index (χ3v) is 4.55. The number of rotatable bonds is 1. The van der Waals surface area contributed by atoms with Crippen LogP contribution in [0.2, 0.25) is 0 Å². The molecule has 3 aliphatic rings. The molecule has 1 saturated carbocycles. The van der Waals surface area contributed by atoms with E-state index >= 15 is 0 Å². The Hall–Kier alpha value is -0.830. The maximum absolute atomic E-state index is 12.7. The lowest BCUT2D eigenvalue weighted by Gasteiger charge is -2.40. The molecule has 3 heteroatoms. The van der Waals surface area contributed by atoms with Crippen LogP contribution in [-0.2, 0) is 4.79 Å². The topological polar surface area (TPSA) is 32.3 Å². The Morgan fingerprint density at radius 2 is 2.24 bits per heavy atom. The Balaban J connectivity index is 1.76. The highest BCUT2D eigenvalue weighted by atomic mass is 16.2. The van der Waals surface area contributed by atoms with Gasteiger partial charge in [0.1, 0.15) is 0 Å².